The van der Waals surface area contributed by atoms with Gasteiger partial charge in [0.2, 0.25) is 0 Å². The normalized spacial score (nSPS) is 30.5. The minimum Gasteiger partial charge on any atom is -0.319 e. The second-order valence-corrected chi connectivity index (χ2v) is 10.2. The number of carbonyl (C=O) groups is 1. The Hall–Kier alpha value is -1.38. The molecule has 1 fully saturated rings. The van der Waals surface area contributed by atoms with Crippen molar-refractivity contribution in [2.75, 3.05) is 0 Å². The first kappa shape index (κ1) is 22.9. The maximum atomic E-state index is 10.8. The van der Waals surface area contributed by atoms with Crippen molar-refractivity contribution in [2.45, 2.75) is 99.8 Å². The minimum absolute atomic E-state index is 0.361. The van der Waals surface area contributed by atoms with Gasteiger partial charge >= 0.3 is 5.97 Å². The molecule has 0 aromatic heterocycles. The van der Waals surface area contributed by atoms with Crippen molar-refractivity contribution in [2.24, 2.45) is 27.8 Å². The first-order valence-corrected chi connectivity index (χ1v) is 11.1. The quantitative estimate of drug-likeness (QED) is 0.200. The van der Waals surface area contributed by atoms with Crippen molar-refractivity contribution >= 4 is 11.7 Å². The summed E-state index contributed by atoms with van der Waals surface area (Å²) in [7, 11) is 0. The van der Waals surface area contributed by atoms with Crippen molar-refractivity contribution in [3.05, 3.63) is 23.3 Å². The number of hydrogen-bond acceptors (Lipinski definition) is 3. The molecule has 0 saturated heterocycles. The zero-order valence-electron chi connectivity index (χ0n) is 19.2. The van der Waals surface area contributed by atoms with E-state index in [4.69, 9.17) is 4.84 Å². The standard InChI is InChI=1S/C25H41NO2/c1-18(10-8-11-20(3)26-28-21(4)27)12-14-22-19(2)13-15-23-24(5,6)16-9-17-25(22,23)7/h10,13,22-23H,8-9,11-12,14-17H2,1-7H3/b18-10+,26-20+/t22?,23?,25-/m0/s1. The van der Waals surface area contributed by atoms with Gasteiger partial charge < -0.3 is 4.84 Å². The molecule has 158 valence electrons. The second kappa shape index (κ2) is 9.41. The van der Waals surface area contributed by atoms with Gasteiger partial charge in [-0.1, -0.05) is 55.6 Å². The molecule has 2 rings (SSSR count). The SMILES string of the molecule is CC(=O)O/N=C(\C)CC/C=C(\C)CCC1C(C)=CCC2C(C)(C)CCC[C@@]12C. The highest BCUT2D eigenvalue weighted by molar-refractivity contribution is 5.82. The van der Waals surface area contributed by atoms with E-state index in [1.54, 1.807) is 5.57 Å². The number of hydrogen-bond donors (Lipinski definition) is 0. The first-order valence-electron chi connectivity index (χ1n) is 11.1. The molecule has 1 saturated carbocycles. The van der Waals surface area contributed by atoms with Crippen molar-refractivity contribution in [1.29, 1.82) is 0 Å². The summed E-state index contributed by atoms with van der Waals surface area (Å²) in [5.41, 5.74) is 4.87. The highest BCUT2D eigenvalue weighted by Gasteiger charge is 2.51. The van der Waals surface area contributed by atoms with Crippen LogP contribution in [0.5, 0.6) is 0 Å². The van der Waals surface area contributed by atoms with Gasteiger partial charge in [-0.25, -0.2) is 4.79 Å². The topological polar surface area (TPSA) is 38.7 Å². The van der Waals surface area contributed by atoms with E-state index in [9.17, 15) is 4.79 Å². The lowest BCUT2D eigenvalue weighted by Gasteiger charge is -2.57. The summed E-state index contributed by atoms with van der Waals surface area (Å²) in [5.74, 6) is 1.16. The van der Waals surface area contributed by atoms with Crippen LogP contribution in [0.3, 0.4) is 0 Å². The molecule has 0 aromatic carbocycles. The molecule has 2 aliphatic carbocycles. The summed E-state index contributed by atoms with van der Waals surface area (Å²) in [5, 5.41) is 3.85. The zero-order chi connectivity index (χ0) is 20.9. The van der Waals surface area contributed by atoms with Crippen molar-refractivity contribution < 1.29 is 9.63 Å². The van der Waals surface area contributed by atoms with E-state index in [-0.39, 0.29) is 5.97 Å². The third-order valence-corrected chi connectivity index (χ3v) is 7.45. The Bertz CT molecular complexity index is 655. The van der Waals surface area contributed by atoms with E-state index < -0.39 is 0 Å². The number of allylic oxidation sites excluding steroid dienone is 4. The van der Waals surface area contributed by atoms with Gasteiger partial charge in [0.15, 0.2) is 0 Å². The van der Waals surface area contributed by atoms with E-state index >= 15 is 0 Å². The molecule has 3 heteroatoms. The fraction of sp³-hybridized carbons (Fsp3) is 0.760. The van der Waals surface area contributed by atoms with E-state index in [1.807, 2.05) is 6.92 Å². The lowest BCUT2D eigenvalue weighted by Crippen LogP contribution is -2.48. The van der Waals surface area contributed by atoms with Gasteiger partial charge in [-0.3, -0.25) is 0 Å². The fourth-order valence-electron chi connectivity index (χ4n) is 5.88. The molecule has 0 aliphatic heterocycles. The van der Waals surface area contributed by atoms with Gasteiger partial charge in [-0.2, -0.15) is 0 Å². The van der Waals surface area contributed by atoms with Gasteiger partial charge in [0.25, 0.3) is 0 Å². The van der Waals surface area contributed by atoms with Gasteiger partial charge in [-0.05, 0) is 88.4 Å². The van der Waals surface area contributed by atoms with E-state index in [0.29, 0.717) is 16.7 Å². The van der Waals surface area contributed by atoms with Crippen LogP contribution in [0, 0.1) is 22.7 Å². The Morgan fingerprint density at radius 3 is 2.61 bits per heavy atom. The molecular formula is C25H41NO2. The molecule has 0 aromatic rings. The predicted octanol–water partition coefficient (Wildman–Crippen LogP) is 7.23. The lowest BCUT2D eigenvalue weighted by molar-refractivity contribution is -0.140. The lowest BCUT2D eigenvalue weighted by atomic mass is 9.48. The molecule has 28 heavy (non-hydrogen) atoms. The number of oxime groups is 1. The van der Waals surface area contributed by atoms with Crippen LogP contribution in [-0.2, 0) is 9.63 Å². The molecule has 0 amide bonds. The summed E-state index contributed by atoms with van der Waals surface area (Å²) in [6, 6.07) is 0. The maximum Gasteiger partial charge on any atom is 0.331 e. The van der Waals surface area contributed by atoms with Crippen LogP contribution in [0.2, 0.25) is 0 Å². The Kier molecular flexibility index (Phi) is 7.70. The third-order valence-electron chi connectivity index (χ3n) is 7.45. The van der Waals surface area contributed by atoms with Gasteiger partial charge in [0.1, 0.15) is 0 Å². The summed E-state index contributed by atoms with van der Waals surface area (Å²) in [6.45, 7) is 15.5. The Morgan fingerprint density at radius 1 is 1.21 bits per heavy atom. The molecule has 2 unspecified atom stereocenters. The van der Waals surface area contributed by atoms with Gasteiger partial charge in [-0.15, -0.1) is 0 Å². The Labute approximate surface area is 172 Å². The van der Waals surface area contributed by atoms with E-state index in [1.165, 1.54) is 51.0 Å². The highest BCUT2D eigenvalue weighted by atomic mass is 16.7. The van der Waals surface area contributed by atoms with Crippen LogP contribution < -0.4 is 0 Å². The van der Waals surface area contributed by atoms with Crippen molar-refractivity contribution in [1.82, 2.24) is 0 Å². The van der Waals surface area contributed by atoms with Gasteiger partial charge in [0, 0.05) is 6.92 Å². The number of rotatable bonds is 7. The largest absolute Gasteiger partial charge is 0.331 e. The smallest absolute Gasteiger partial charge is 0.319 e. The number of carbonyl (C=O) groups excluding carboxylic acids is 1. The van der Waals surface area contributed by atoms with Crippen LogP contribution in [0.1, 0.15) is 99.8 Å². The predicted molar refractivity (Wildman–Crippen MR) is 118 cm³/mol. The number of fused-ring (bicyclic) bond motifs is 1. The highest BCUT2D eigenvalue weighted by Crippen LogP contribution is 2.60. The number of nitrogens with zero attached hydrogens (tertiary/aromatic N) is 1. The maximum absolute atomic E-state index is 10.8. The molecule has 0 N–H and O–H groups in total. The van der Waals surface area contributed by atoms with Crippen LogP contribution >= 0.6 is 0 Å². The minimum atomic E-state index is -0.361. The summed E-state index contributed by atoms with van der Waals surface area (Å²) >= 11 is 0. The molecule has 0 radical (unpaired) electrons. The van der Waals surface area contributed by atoms with E-state index in [0.717, 1.165) is 24.5 Å². The van der Waals surface area contributed by atoms with Gasteiger partial charge in [0.05, 0.1) is 5.71 Å². The average Bonchev–Trinajstić information content (AvgIpc) is 2.58. The fourth-order valence-corrected chi connectivity index (χ4v) is 5.88. The summed E-state index contributed by atoms with van der Waals surface area (Å²) in [6.07, 6.45) is 14.5. The summed E-state index contributed by atoms with van der Waals surface area (Å²) < 4.78 is 0. The van der Waals surface area contributed by atoms with E-state index in [2.05, 4.69) is 51.9 Å². The molecular weight excluding hydrogens is 346 g/mol. The Balaban J connectivity index is 1.95. The molecule has 0 spiro atoms. The molecule has 0 bridgehead atoms. The molecule has 3 nitrogen and oxygen atoms in total. The van der Waals surface area contributed by atoms with Crippen LogP contribution in [0.25, 0.3) is 0 Å². The monoisotopic (exact) mass is 387 g/mol. The summed E-state index contributed by atoms with van der Waals surface area (Å²) in [4.78, 5) is 15.5. The second-order valence-electron chi connectivity index (χ2n) is 10.2. The van der Waals surface area contributed by atoms with Crippen LogP contribution in [0.4, 0.5) is 0 Å². The molecule has 0 heterocycles. The van der Waals surface area contributed by atoms with Crippen molar-refractivity contribution in [3.63, 3.8) is 0 Å². The van der Waals surface area contributed by atoms with Crippen LogP contribution in [0.15, 0.2) is 28.5 Å². The Morgan fingerprint density at radius 2 is 1.93 bits per heavy atom. The zero-order valence-corrected chi connectivity index (χ0v) is 19.2. The molecule has 2 aliphatic rings. The third kappa shape index (κ3) is 5.58. The van der Waals surface area contributed by atoms with Crippen LogP contribution in [-0.4, -0.2) is 11.7 Å². The average molecular weight is 388 g/mol. The first-order chi connectivity index (χ1) is 13.1. The molecule has 3 atom stereocenters. The van der Waals surface area contributed by atoms with Crippen molar-refractivity contribution in [3.8, 4) is 0 Å².